The van der Waals surface area contributed by atoms with Gasteiger partial charge in [-0.25, -0.2) is 4.39 Å². The van der Waals surface area contributed by atoms with Crippen molar-refractivity contribution in [1.29, 1.82) is 0 Å². The van der Waals surface area contributed by atoms with Gasteiger partial charge < -0.3 is 4.74 Å². The van der Waals surface area contributed by atoms with Crippen LogP contribution in [-0.4, -0.2) is 7.11 Å². The number of nitrogens with two attached hydrogens (primary N) is 1. The molecule has 90 valence electrons. The summed E-state index contributed by atoms with van der Waals surface area (Å²) < 4.78 is 18.4. The molecule has 4 heteroatoms. The third-order valence-corrected chi connectivity index (χ3v) is 2.48. The number of hydrogen-bond acceptors (Lipinski definition) is 3. The van der Waals surface area contributed by atoms with Crippen molar-refractivity contribution in [2.24, 2.45) is 11.8 Å². The van der Waals surface area contributed by atoms with Crippen LogP contribution in [-0.2, 0) is 0 Å². The topological polar surface area (TPSA) is 47.3 Å². The SMILES string of the molecule is COc1ccc(F)cc1C(CC(C)C)NN. The number of nitrogens with one attached hydrogen (secondary N) is 1. The zero-order valence-corrected chi connectivity index (χ0v) is 9.96. The normalized spacial score (nSPS) is 12.9. The minimum absolute atomic E-state index is 0.0920. The van der Waals surface area contributed by atoms with Gasteiger partial charge >= 0.3 is 0 Å². The van der Waals surface area contributed by atoms with E-state index in [0.29, 0.717) is 11.7 Å². The molecule has 0 aliphatic heterocycles. The summed E-state index contributed by atoms with van der Waals surface area (Å²) in [5.74, 6) is 6.34. The maximum atomic E-state index is 13.2. The van der Waals surface area contributed by atoms with Gasteiger partial charge in [0.2, 0.25) is 0 Å². The minimum atomic E-state index is -0.278. The van der Waals surface area contributed by atoms with E-state index < -0.39 is 0 Å². The van der Waals surface area contributed by atoms with E-state index in [9.17, 15) is 4.39 Å². The van der Waals surface area contributed by atoms with Gasteiger partial charge in [0.05, 0.1) is 7.11 Å². The first-order valence-corrected chi connectivity index (χ1v) is 5.38. The molecule has 0 spiro atoms. The molecule has 3 nitrogen and oxygen atoms in total. The van der Waals surface area contributed by atoms with Crippen LogP contribution in [0.4, 0.5) is 4.39 Å². The smallest absolute Gasteiger partial charge is 0.123 e. The molecular formula is C12H19FN2O. The van der Waals surface area contributed by atoms with Crippen LogP contribution in [0.15, 0.2) is 18.2 Å². The van der Waals surface area contributed by atoms with Crippen molar-refractivity contribution >= 4 is 0 Å². The van der Waals surface area contributed by atoms with Crippen LogP contribution in [0.25, 0.3) is 0 Å². The van der Waals surface area contributed by atoms with E-state index >= 15 is 0 Å². The van der Waals surface area contributed by atoms with Gasteiger partial charge in [0.1, 0.15) is 11.6 Å². The third-order valence-electron chi connectivity index (χ3n) is 2.48. The van der Waals surface area contributed by atoms with Crippen molar-refractivity contribution in [3.8, 4) is 5.75 Å². The van der Waals surface area contributed by atoms with Gasteiger partial charge in [-0.2, -0.15) is 0 Å². The summed E-state index contributed by atoms with van der Waals surface area (Å²) in [6.45, 7) is 4.19. The molecule has 1 rings (SSSR count). The van der Waals surface area contributed by atoms with Gasteiger partial charge in [-0.3, -0.25) is 11.3 Å². The Bertz CT molecular complexity index is 342. The maximum Gasteiger partial charge on any atom is 0.123 e. The van der Waals surface area contributed by atoms with Crippen molar-refractivity contribution in [3.05, 3.63) is 29.6 Å². The molecule has 0 aliphatic carbocycles. The van der Waals surface area contributed by atoms with E-state index in [0.717, 1.165) is 12.0 Å². The fourth-order valence-corrected chi connectivity index (χ4v) is 1.73. The second-order valence-electron chi connectivity index (χ2n) is 4.24. The molecule has 0 heterocycles. The Morgan fingerprint density at radius 3 is 2.62 bits per heavy atom. The second kappa shape index (κ2) is 5.82. The molecule has 0 aliphatic rings. The first kappa shape index (κ1) is 12.9. The van der Waals surface area contributed by atoms with Crippen molar-refractivity contribution in [2.45, 2.75) is 26.3 Å². The van der Waals surface area contributed by atoms with Gasteiger partial charge in [-0.15, -0.1) is 0 Å². The number of hydrogen-bond donors (Lipinski definition) is 2. The van der Waals surface area contributed by atoms with E-state index in [1.54, 1.807) is 13.2 Å². The van der Waals surface area contributed by atoms with Gasteiger partial charge in [-0.1, -0.05) is 13.8 Å². The highest BCUT2D eigenvalue weighted by Crippen LogP contribution is 2.29. The Labute approximate surface area is 95.8 Å². The van der Waals surface area contributed by atoms with Crippen LogP contribution in [0.3, 0.4) is 0 Å². The Hall–Kier alpha value is -1.13. The zero-order chi connectivity index (χ0) is 12.1. The summed E-state index contributed by atoms with van der Waals surface area (Å²) in [5, 5.41) is 0. The number of hydrazine groups is 1. The molecule has 0 fully saturated rings. The van der Waals surface area contributed by atoms with Gasteiger partial charge in [-0.05, 0) is 30.5 Å². The lowest BCUT2D eigenvalue weighted by Gasteiger charge is -2.20. The van der Waals surface area contributed by atoms with Crippen molar-refractivity contribution < 1.29 is 9.13 Å². The summed E-state index contributed by atoms with van der Waals surface area (Å²) in [6, 6.07) is 4.37. The monoisotopic (exact) mass is 226 g/mol. The van der Waals surface area contributed by atoms with Gasteiger partial charge in [0.25, 0.3) is 0 Å². The molecule has 1 unspecified atom stereocenters. The van der Waals surface area contributed by atoms with Gasteiger partial charge in [0, 0.05) is 11.6 Å². The molecule has 3 N–H and O–H groups in total. The van der Waals surface area contributed by atoms with Crippen LogP contribution in [0, 0.1) is 11.7 Å². The summed E-state index contributed by atoms with van der Waals surface area (Å²) in [4.78, 5) is 0. The standard InChI is InChI=1S/C12H19FN2O/c1-8(2)6-11(15-14)10-7-9(13)4-5-12(10)16-3/h4-5,7-8,11,15H,6,14H2,1-3H3. The Kier molecular flexibility index (Phi) is 4.71. The summed E-state index contributed by atoms with van der Waals surface area (Å²) >= 11 is 0. The van der Waals surface area contributed by atoms with Crippen LogP contribution in [0.5, 0.6) is 5.75 Å². The number of rotatable bonds is 5. The Morgan fingerprint density at radius 2 is 2.12 bits per heavy atom. The minimum Gasteiger partial charge on any atom is -0.496 e. The molecule has 1 aromatic rings. The van der Waals surface area contributed by atoms with Crippen LogP contribution in [0.2, 0.25) is 0 Å². The van der Waals surface area contributed by atoms with E-state index in [1.807, 2.05) is 0 Å². The maximum absolute atomic E-state index is 13.2. The lowest BCUT2D eigenvalue weighted by molar-refractivity contribution is 0.381. The average Bonchev–Trinajstić information content (AvgIpc) is 2.25. The highest BCUT2D eigenvalue weighted by molar-refractivity contribution is 5.36. The van der Waals surface area contributed by atoms with E-state index in [2.05, 4.69) is 19.3 Å². The number of methoxy groups -OCH3 is 1. The third kappa shape index (κ3) is 3.18. The first-order valence-electron chi connectivity index (χ1n) is 5.38. The van der Waals surface area contributed by atoms with E-state index in [4.69, 9.17) is 10.6 Å². The number of ether oxygens (including phenoxy) is 1. The lowest BCUT2D eigenvalue weighted by atomic mass is 9.97. The zero-order valence-electron chi connectivity index (χ0n) is 9.96. The molecular weight excluding hydrogens is 207 g/mol. The first-order chi connectivity index (χ1) is 7.58. The predicted octanol–water partition coefficient (Wildman–Crippen LogP) is 2.38. The fraction of sp³-hybridized carbons (Fsp3) is 0.500. The molecule has 0 amide bonds. The van der Waals surface area contributed by atoms with Crippen molar-refractivity contribution in [1.82, 2.24) is 5.43 Å². The van der Waals surface area contributed by atoms with Crippen LogP contribution >= 0.6 is 0 Å². The molecule has 16 heavy (non-hydrogen) atoms. The van der Waals surface area contributed by atoms with E-state index in [1.165, 1.54) is 12.1 Å². The average molecular weight is 226 g/mol. The summed E-state index contributed by atoms with van der Waals surface area (Å²) in [5.41, 5.74) is 3.47. The highest BCUT2D eigenvalue weighted by Gasteiger charge is 2.16. The van der Waals surface area contributed by atoms with Crippen LogP contribution < -0.4 is 16.0 Å². The number of benzene rings is 1. The van der Waals surface area contributed by atoms with E-state index in [-0.39, 0.29) is 11.9 Å². The summed E-state index contributed by atoms with van der Waals surface area (Å²) in [7, 11) is 1.57. The molecule has 0 aromatic heterocycles. The molecule has 0 saturated heterocycles. The quantitative estimate of drug-likeness (QED) is 0.598. The van der Waals surface area contributed by atoms with Gasteiger partial charge in [0.15, 0.2) is 0 Å². The molecule has 1 aromatic carbocycles. The highest BCUT2D eigenvalue weighted by atomic mass is 19.1. The lowest BCUT2D eigenvalue weighted by Crippen LogP contribution is -2.29. The molecule has 0 radical (unpaired) electrons. The molecule has 0 saturated carbocycles. The predicted molar refractivity (Wildman–Crippen MR) is 62.5 cm³/mol. The van der Waals surface area contributed by atoms with Crippen molar-refractivity contribution in [3.63, 3.8) is 0 Å². The Morgan fingerprint density at radius 1 is 1.44 bits per heavy atom. The fourth-order valence-electron chi connectivity index (χ4n) is 1.73. The summed E-state index contributed by atoms with van der Waals surface area (Å²) in [6.07, 6.45) is 0.830. The van der Waals surface area contributed by atoms with Crippen molar-refractivity contribution in [2.75, 3.05) is 7.11 Å². The number of halogens is 1. The second-order valence-corrected chi connectivity index (χ2v) is 4.24. The molecule has 1 atom stereocenters. The Balaban J connectivity index is 3.02. The molecule has 0 bridgehead atoms. The van der Waals surface area contributed by atoms with Crippen LogP contribution in [0.1, 0.15) is 31.9 Å². The largest absolute Gasteiger partial charge is 0.496 e.